The molecule has 2 rings (SSSR count). The molecule has 2 atom stereocenters. The molecule has 1 saturated heterocycles. The molecule has 100 valence electrons. The first-order chi connectivity index (χ1) is 8.70. The maximum atomic E-state index is 13.2. The maximum Gasteiger partial charge on any atom is 0.123 e. The topological polar surface area (TPSA) is 30.5 Å². The molecule has 1 aromatic rings. The fourth-order valence-electron chi connectivity index (χ4n) is 2.09. The number of ether oxygens (including phenoxy) is 2. The fourth-order valence-corrected chi connectivity index (χ4v) is 2.50. The summed E-state index contributed by atoms with van der Waals surface area (Å²) in [6.07, 6.45) is 0.710. The van der Waals surface area contributed by atoms with Crippen LogP contribution < -0.4 is 5.32 Å². The number of hydrogen-bond donors (Lipinski definition) is 1. The Morgan fingerprint density at radius 1 is 1.50 bits per heavy atom. The number of rotatable bonds is 4. The highest BCUT2D eigenvalue weighted by molar-refractivity contribution is 9.10. The van der Waals surface area contributed by atoms with Crippen LogP contribution in [0.25, 0.3) is 0 Å². The minimum Gasteiger partial charge on any atom is -0.376 e. The van der Waals surface area contributed by atoms with Crippen LogP contribution in [-0.2, 0) is 15.9 Å². The summed E-state index contributed by atoms with van der Waals surface area (Å²) in [5, 5.41) is 3.22. The standard InChI is InChI=1S/C13H17BrFNO2/c1-16-12(13-8-17-4-5-18-13)7-9-6-10(15)2-3-11(9)14/h2-3,6,12-13,16H,4-5,7-8H2,1H3. The third-order valence-electron chi connectivity index (χ3n) is 3.11. The van der Waals surface area contributed by atoms with E-state index in [1.807, 2.05) is 7.05 Å². The molecule has 5 heteroatoms. The van der Waals surface area contributed by atoms with Crippen molar-refractivity contribution in [3.8, 4) is 0 Å². The van der Waals surface area contributed by atoms with Crippen molar-refractivity contribution in [1.29, 1.82) is 0 Å². The normalized spacial score (nSPS) is 21.8. The summed E-state index contributed by atoms with van der Waals surface area (Å²) in [5.74, 6) is -0.219. The van der Waals surface area contributed by atoms with Gasteiger partial charge in [-0.2, -0.15) is 0 Å². The van der Waals surface area contributed by atoms with Gasteiger partial charge in [0.05, 0.1) is 25.9 Å². The summed E-state index contributed by atoms with van der Waals surface area (Å²) in [6, 6.07) is 4.85. The zero-order valence-corrected chi connectivity index (χ0v) is 11.9. The molecule has 0 bridgehead atoms. The van der Waals surface area contributed by atoms with E-state index in [0.29, 0.717) is 26.2 Å². The predicted molar refractivity (Wildman–Crippen MR) is 71.2 cm³/mol. The Hall–Kier alpha value is -0.490. The number of benzene rings is 1. The van der Waals surface area contributed by atoms with Crippen molar-refractivity contribution >= 4 is 15.9 Å². The number of hydrogen-bond acceptors (Lipinski definition) is 3. The molecule has 0 saturated carbocycles. The van der Waals surface area contributed by atoms with Crippen LogP contribution in [0, 0.1) is 5.82 Å². The van der Waals surface area contributed by atoms with Crippen LogP contribution in [0.3, 0.4) is 0 Å². The van der Waals surface area contributed by atoms with Gasteiger partial charge in [0.2, 0.25) is 0 Å². The molecule has 18 heavy (non-hydrogen) atoms. The van der Waals surface area contributed by atoms with Gasteiger partial charge in [0.15, 0.2) is 0 Å². The lowest BCUT2D eigenvalue weighted by Gasteiger charge is -2.30. The molecule has 1 heterocycles. The van der Waals surface area contributed by atoms with Crippen molar-refractivity contribution in [3.63, 3.8) is 0 Å². The predicted octanol–water partition coefficient (Wildman–Crippen LogP) is 2.13. The van der Waals surface area contributed by atoms with E-state index in [0.717, 1.165) is 10.0 Å². The Morgan fingerprint density at radius 2 is 2.33 bits per heavy atom. The lowest BCUT2D eigenvalue weighted by atomic mass is 10.0. The zero-order chi connectivity index (χ0) is 13.0. The van der Waals surface area contributed by atoms with E-state index in [4.69, 9.17) is 9.47 Å². The van der Waals surface area contributed by atoms with E-state index in [9.17, 15) is 4.39 Å². The molecule has 1 fully saturated rings. The van der Waals surface area contributed by atoms with Crippen molar-refractivity contribution in [1.82, 2.24) is 5.32 Å². The van der Waals surface area contributed by atoms with E-state index >= 15 is 0 Å². The van der Waals surface area contributed by atoms with Gasteiger partial charge < -0.3 is 14.8 Å². The highest BCUT2D eigenvalue weighted by atomic mass is 79.9. The minimum absolute atomic E-state index is 0.0129. The highest BCUT2D eigenvalue weighted by Crippen LogP contribution is 2.21. The third kappa shape index (κ3) is 3.51. The van der Waals surface area contributed by atoms with Crippen LogP contribution in [-0.4, -0.2) is 39.0 Å². The van der Waals surface area contributed by atoms with Crippen molar-refractivity contribution in [3.05, 3.63) is 34.1 Å². The van der Waals surface area contributed by atoms with Crippen LogP contribution in [0.15, 0.2) is 22.7 Å². The molecule has 0 radical (unpaired) electrons. The second-order valence-corrected chi connectivity index (χ2v) is 5.17. The van der Waals surface area contributed by atoms with Crippen molar-refractivity contribution < 1.29 is 13.9 Å². The quantitative estimate of drug-likeness (QED) is 0.923. The lowest BCUT2D eigenvalue weighted by molar-refractivity contribution is -0.100. The molecule has 0 aromatic heterocycles. The van der Waals surface area contributed by atoms with Gasteiger partial charge in [0.25, 0.3) is 0 Å². The van der Waals surface area contributed by atoms with Gasteiger partial charge in [-0.25, -0.2) is 4.39 Å². The average Bonchev–Trinajstić information content (AvgIpc) is 2.41. The molecule has 0 spiro atoms. The molecule has 0 amide bonds. The first kappa shape index (κ1) is 13.9. The van der Waals surface area contributed by atoms with Gasteiger partial charge in [0, 0.05) is 10.5 Å². The molecule has 1 aliphatic rings. The third-order valence-corrected chi connectivity index (χ3v) is 3.88. The van der Waals surface area contributed by atoms with Crippen molar-refractivity contribution in [2.45, 2.75) is 18.6 Å². The van der Waals surface area contributed by atoms with Gasteiger partial charge in [-0.3, -0.25) is 0 Å². The van der Waals surface area contributed by atoms with Gasteiger partial charge in [-0.1, -0.05) is 15.9 Å². The summed E-state index contributed by atoms with van der Waals surface area (Å²) in [5.41, 5.74) is 0.934. The maximum absolute atomic E-state index is 13.2. The lowest BCUT2D eigenvalue weighted by Crippen LogP contribution is -2.46. The van der Waals surface area contributed by atoms with Crippen molar-refractivity contribution in [2.24, 2.45) is 0 Å². The number of nitrogens with one attached hydrogen (secondary N) is 1. The van der Waals surface area contributed by atoms with E-state index in [2.05, 4.69) is 21.2 Å². The second kappa shape index (κ2) is 6.61. The minimum atomic E-state index is -0.219. The molecule has 1 N–H and O–H groups in total. The molecule has 2 unspecified atom stereocenters. The number of likely N-dealkylation sites (N-methyl/N-ethyl adjacent to an activating group) is 1. The van der Waals surface area contributed by atoms with E-state index in [1.165, 1.54) is 6.07 Å². The summed E-state index contributed by atoms with van der Waals surface area (Å²) < 4.78 is 25.2. The van der Waals surface area contributed by atoms with Crippen LogP contribution in [0.5, 0.6) is 0 Å². The van der Waals surface area contributed by atoms with E-state index < -0.39 is 0 Å². The highest BCUT2D eigenvalue weighted by Gasteiger charge is 2.24. The van der Waals surface area contributed by atoms with Crippen LogP contribution in [0.1, 0.15) is 5.56 Å². The Labute approximate surface area is 115 Å². The Bertz CT molecular complexity index is 397. The van der Waals surface area contributed by atoms with Gasteiger partial charge in [-0.05, 0) is 37.2 Å². The Kier molecular flexibility index (Phi) is 5.12. The number of halogens is 2. The van der Waals surface area contributed by atoms with Crippen molar-refractivity contribution in [2.75, 3.05) is 26.9 Å². The van der Waals surface area contributed by atoms with Crippen LogP contribution in [0.2, 0.25) is 0 Å². The summed E-state index contributed by atoms with van der Waals surface area (Å²) >= 11 is 3.45. The monoisotopic (exact) mass is 317 g/mol. The van der Waals surface area contributed by atoms with Gasteiger partial charge >= 0.3 is 0 Å². The second-order valence-electron chi connectivity index (χ2n) is 4.32. The summed E-state index contributed by atoms with van der Waals surface area (Å²) in [4.78, 5) is 0. The average molecular weight is 318 g/mol. The molecule has 3 nitrogen and oxygen atoms in total. The molecular weight excluding hydrogens is 301 g/mol. The van der Waals surface area contributed by atoms with Crippen LogP contribution in [0.4, 0.5) is 4.39 Å². The van der Waals surface area contributed by atoms with Gasteiger partial charge in [0.1, 0.15) is 5.82 Å². The SMILES string of the molecule is CNC(Cc1cc(F)ccc1Br)C1COCCO1. The summed E-state index contributed by atoms with van der Waals surface area (Å²) in [7, 11) is 1.88. The molecular formula is C13H17BrFNO2. The first-order valence-electron chi connectivity index (χ1n) is 6.01. The fraction of sp³-hybridized carbons (Fsp3) is 0.538. The first-order valence-corrected chi connectivity index (χ1v) is 6.80. The van der Waals surface area contributed by atoms with Crippen LogP contribution >= 0.6 is 15.9 Å². The zero-order valence-electron chi connectivity index (χ0n) is 10.3. The van der Waals surface area contributed by atoms with E-state index in [1.54, 1.807) is 12.1 Å². The Morgan fingerprint density at radius 3 is 3.00 bits per heavy atom. The molecule has 1 aliphatic heterocycles. The smallest absolute Gasteiger partial charge is 0.123 e. The molecule has 0 aliphatic carbocycles. The summed E-state index contributed by atoms with van der Waals surface area (Å²) in [6.45, 7) is 1.85. The Balaban J connectivity index is 2.06. The van der Waals surface area contributed by atoms with E-state index in [-0.39, 0.29) is 18.0 Å². The largest absolute Gasteiger partial charge is 0.376 e. The van der Waals surface area contributed by atoms with Gasteiger partial charge in [-0.15, -0.1) is 0 Å². The molecule has 1 aromatic carbocycles.